The van der Waals surface area contributed by atoms with E-state index in [2.05, 4.69) is 54.3 Å². The van der Waals surface area contributed by atoms with Crippen molar-refractivity contribution < 1.29 is 9.18 Å². The van der Waals surface area contributed by atoms with Gasteiger partial charge in [-0.3, -0.25) is 4.79 Å². The molecule has 0 saturated heterocycles. The summed E-state index contributed by atoms with van der Waals surface area (Å²) in [7, 11) is 0. The molecule has 4 nitrogen and oxygen atoms in total. The van der Waals surface area contributed by atoms with Crippen molar-refractivity contribution in [2.75, 3.05) is 0 Å². The van der Waals surface area contributed by atoms with Crippen LogP contribution in [0.1, 0.15) is 84.0 Å². The Bertz CT molecular complexity index is 1070. The Balaban J connectivity index is 0.000000323. The lowest BCUT2D eigenvalue weighted by Crippen LogP contribution is -2.35. The summed E-state index contributed by atoms with van der Waals surface area (Å²) in [5.41, 5.74) is 5.13. The highest BCUT2D eigenvalue weighted by molar-refractivity contribution is 5.95. The monoisotopic (exact) mass is 447 g/mol. The van der Waals surface area contributed by atoms with E-state index >= 15 is 0 Å². The van der Waals surface area contributed by atoms with Crippen LogP contribution in [0.2, 0.25) is 0 Å². The lowest BCUT2D eigenvalue weighted by Gasteiger charge is -2.22. The quantitative estimate of drug-likeness (QED) is 0.466. The molecular formula is C28H34FN3O. The number of carbonyl (C=O) groups excluding carboxylic acids is 1. The predicted octanol–water partition coefficient (Wildman–Crippen LogP) is 6.55. The maximum absolute atomic E-state index is 13.1. The van der Waals surface area contributed by atoms with Gasteiger partial charge in [0.05, 0.1) is 5.54 Å². The molecule has 0 aliphatic heterocycles. The number of benzene rings is 2. The molecule has 5 heteroatoms. The second-order valence-electron chi connectivity index (χ2n) is 9.05. The van der Waals surface area contributed by atoms with Crippen LogP contribution in [0, 0.1) is 26.6 Å². The fourth-order valence-corrected chi connectivity index (χ4v) is 4.13. The summed E-state index contributed by atoms with van der Waals surface area (Å²) in [4.78, 5) is 20.5. The van der Waals surface area contributed by atoms with Gasteiger partial charge in [-0.25, -0.2) is 14.4 Å². The fourth-order valence-electron chi connectivity index (χ4n) is 4.13. The van der Waals surface area contributed by atoms with Crippen molar-refractivity contribution >= 4 is 5.91 Å². The summed E-state index contributed by atoms with van der Waals surface area (Å²) in [6, 6.07) is 14.2. The van der Waals surface area contributed by atoms with Crippen molar-refractivity contribution in [3.63, 3.8) is 0 Å². The maximum Gasteiger partial charge on any atom is 0.251 e. The average Bonchev–Trinajstić information content (AvgIpc) is 3.55. The molecule has 0 spiro atoms. The van der Waals surface area contributed by atoms with Crippen LogP contribution < -0.4 is 5.32 Å². The Morgan fingerprint density at radius 3 is 2.33 bits per heavy atom. The van der Waals surface area contributed by atoms with E-state index < -0.39 is 0 Å². The molecule has 2 aromatic carbocycles. The number of hydrogen-bond acceptors (Lipinski definition) is 3. The number of hydrogen-bond donors (Lipinski definition) is 1. The van der Waals surface area contributed by atoms with E-state index in [1.807, 2.05) is 19.9 Å². The molecule has 1 fully saturated rings. The van der Waals surface area contributed by atoms with Crippen LogP contribution in [-0.2, 0) is 5.54 Å². The van der Waals surface area contributed by atoms with Crippen molar-refractivity contribution in [3.05, 3.63) is 94.3 Å². The number of amides is 1. The minimum Gasteiger partial charge on any atom is -0.343 e. The maximum atomic E-state index is 13.1. The molecule has 1 amide bonds. The Hall–Kier alpha value is -3.08. The van der Waals surface area contributed by atoms with Gasteiger partial charge >= 0.3 is 0 Å². The number of aromatic nitrogens is 2. The lowest BCUT2D eigenvalue weighted by atomic mass is 9.89. The molecule has 33 heavy (non-hydrogen) atoms. The van der Waals surface area contributed by atoms with Crippen molar-refractivity contribution in [1.82, 2.24) is 15.3 Å². The molecule has 1 saturated carbocycles. The van der Waals surface area contributed by atoms with Crippen molar-refractivity contribution in [3.8, 4) is 0 Å². The van der Waals surface area contributed by atoms with Crippen LogP contribution in [0.25, 0.3) is 0 Å². The largest absolute Gasteiger partial charge is 0.343 e. The molecule has 1 aliphatic rings. The fraction of sp³-hybridized carbons (Fsp3) is 0.393. The molecule has 1 atom stereocenters. The third-order valence-electron chi connectivity index (χ3n) is 6.21. The number of carbonyl (C=O) groups is 1. The van der Waals surface area contributed by atoms with Crippen LogP contribution in [0.4, 0.5) is 4.39 Å². The van der Waals surface area contributed by atoms with E-state index in [-0.39, 0.29) is 17.3 Å². The molecule has 174 valence electrons. The van der Waals surface area contributed by atoms with E-state index in [0.29, 0.717) is 11.5 Å². The van der Waals surface area contributed by atoms with E-state index in [4.69, 9.17) is 0 Å². The summed E-state index contributed by atoms with van der Waals surface area (Å²) in [6.45, 7) is 10.5. The number of nitrogens with zero attached hydrogens (tertiary/aromatic N) is 2. The summed E-state index contributed by atoms with van der Waals surface area (Å²) < 4.78 is 13.1. The summed E-state index contributed by atoms with van der Waals surface area (Å²) >= 11 is 0. The molecule has 1 heterocycles. The van der Waals surface area contributed by atoms with Crippen LogP contribution in [0.15, 0.2) is 54.7 Å². The molecule has 0 radical (unpaired) electrons. The van der Waals surface area contributed by atoms with Gasteiger partial charge in [-0.2, -0.15) is 0 Å². The van der Waals surface area contributed by atoms with Gasteiger partial charge < -0.3 is 5.32 Å². The van der Waals surface area contributed by atoms with Gasteiger partial charge in [0.15, 0.2) is 0 Å². The van der Waals surface area contributed by atoms with Gasteiger partial charge in [-0.05, 0) is 93.0 Å². The molecule has 4 rings (SSSR count). The van der Waals surface area contributed by atoms with Crippen molar-refractivity contribution in [2.24, 2.45) is 0 Å². The number of aryl methyl sites for hydroxylation is 3. The Morgan fingerprint density at radius 1 is 1.09 bits per heavy atom. The number of rotatable bonds is 6. The first kappa shape index (κ1) is 24.6. The molecule has 0 bridgehead atoms. The number of halogens is 1. The van der Waals surface area contributed by atoms with Crippen LogP contribution in [-0.4, -0.2) is 15.9 Å². The molecule has 1 unspecified atom stereocenters. The molecule has 1 N–H and O–H groups in total. The zero-order valence-corrected chi connectivity index (χ0v) is 20.3. The van der Waals surface area contributed by atoms with Crippen molar-refractivity contribution in [2.45, 2.75) is 71.8 Å². The first-order valence-corrected chi connectivity index (χ1v) is 11.7. The van der Waals surface area contributed by atoms with Gasteiger partial charge in [-0.1, -0.05) is 38.5 Å². The standard InChI is InChI=1S/C22H26FNO.C6H8N2/c1-4-5-15(2)20-14-18(9-6-16(20)3)22(12-13-22)24-21(25)17-7-10-19(23)11-8-17;1-5-3-4-7-6(2)8-5/h6-11,14-15H,4-5,12-13H2,1-3H3,(H,24,25);3-4H,1-2H3. The highest BCUT2D eigenvalue weighted by atomic mass is 19.1. The first-order chi connectivity index (χ1) is 15.7. The Morgan fingerprint density at radius 2 is 1.79 bits per heavy atom. The predicted molar refractivity (Wildman–Crippen MR) is 131 cm³/mol. The Labute approximate surface area is 196 Å². The smallest absolute Gasteiger partial charge is 0.251 e. The van der Waals surface area contributed by atoms with Gasteiger partial charge in [0.1, 0.15) is 11.6 Å². The van der Waals surface area contributed by atoms with Gasteiger partial charge in [0.25, 0.3) is 5.91 Å². The minimum atomic E-state index is -0.328. The second-order valence-corrected chi connectivity index (χ2v) is 9.05. The molecule has 3 aromatic rings. The normalized spacial score (nSPS) is 14.6. The third-order valence-corrected chi connectivity index (χ3v) is 6.21. The van der Waals surface area contributed by atoms with E-state index in [1.54, 1.807) is 6.20 Å². The number of nitrogens with one attached hydrogen (secondary N) is 1. The average molecular weight is 448 g/mol. The van der Waals surface area contributed by atoms with Crippen LogP contribution in [0.5, 0.6) is 0 Å². The molecule has 1 aromatic heterocycles. The van der Waals surface area contributed by atoms with Crippen molar-refractivity contribution in [1.29, 1.82) is 0 Å². The van der Waals surface area contributed by atoms with E-state index in [1.165, 1.54) is 47.4 Å². The molecule has 1 aliphatic carbocycles. The Kier molecular flexibility index (Phi) is 7.96. The lowest BCUT2D eigenvalue weighted by molar-refractivity contribution is 0.0930. The van der Waals surface area contributed by atoms with Gasteiger partial charge in [0.2, 0.25) is 0 Å². The summed E-state index contributed by atoms with van der Waals surface area (Å²) in [6.07, 6.45) is 5.99. The third kappa shape index (κ3) is 6.47. The zero-order chi connectivity index (χ0) is 24.0. The second kappa shape index (κ2) is 10.7. The highest BCUT2D eigenvalue weighted by Crippen LogP contribution is 2.46. The summed E-state index contributed by atoms with van der Waals surface area (Å²) in [5.74, 6) is 0.894. The topological polar surface area (TPSA) is 54.9 Å². The SMILES string of the molecule is CCCC(C)c1cc(C2(NC(=O)c3ccc(F)cc3)CC2)ccc1C.Cc1ccnc(C)n1. The first-order valence-electron chi connectivity index (χ1n) is 11.7. The van der Waals surface area contributed by atoms with E-state index in [9.17, 15) is 9.18 Å². The minimum absolute atomic E-state index is 0.138. The van der Waals surface area contributed by atoms with Crippen LogP contribution >= 0.6 is 0 Å². The molecular weight excluding hydrogens is 413 g/mol. The zero-order valence-electron chi connectivity index (χ0n) is 20.3. The van der Waals surface area contributed by atoms with Gasteiger partial charge in [-0.15, -0.1) is 0 Å². The highest BCUT2D eigenvalue weighted by Gasteiger charge is 2.46. The van der Waals surface area contributed by atoms with Crippen LogP contribution in [0.3, 0.4) is 0 Å². The summed E-state index contributed by atoms with van der Waals surface area (Å²) in [5, 5.41) is 3.18. The van der Waals surface area contributed by atoms with Gasteiger partial charge in [0, 0.05) is 17.5 Å². The van der Waals surface area contributed by atoms with E-state index in [0.717, 1.165) is 30.8 Å².